The predicted molar refractivity (Wildman–Crippen MR) is 101 cm³/mol. The highest BCUT2D eigenvalue weighted by molar-refractivity contribution is 5.85. The lowest BCUT2D eigenvalue weighted by Gasteiger charge is -2.47. The van der Waals surface area contributed by atoms with Gasteiger partial charge in [0.05, 0.1) is 25.7 Å². The van der Waals surface area contributed by atoms with E-state index < -0.39 is 5.92 Å². The Labute approximate surface area is 154 Å². The first-order valence-electron chi connectivity index (χ1n) is 9.70. The monoisotopic (exact) mass is 356 g/mol. The van der Waals surface area contributed by atoms with Gasteiger partial charge < -0.3 is 14.8 Å². The number of hydrogen-bond acceptors (Lipinski definition) is 4. The minimum absolute atomic E-state index is 0.139. The zero-order chi connectivity index (χ0) is 18.3. The van der Waals surface area contributed by atoms with E-state index in [1.165, 1.54) is 29.3 Å². The normalized spacial score (nSPS) is 27.0. The van der Waals surface area contributed by atoms with Gasteiger partial charge in [-0.2, -0.15) is 0 Å². The van der Waals surface area contributed by atoms with Gasteiger partial charge in [-0.05, 0) is 36.3 Å². The van der Waals surface area contributed by atoms with Gasteiger partial charge in [-0.25, -0.2) is 0 Å². The van der Waals surface area contributed by atoms with Crippen molar-refractivity contribution in [2.75, 3.05) is 26.8 Å². The molecule has 2 aliphatic rings. The molecule has 0 bridgehead atoms. The maximum absolute atomic E-state index is 12.2. The molecule has 2 N–H and O–H groups in total. The van der Waals surface area contributed by atoms with Gasteiger partial charge in [0.25, 0.3) is 0 Å². The maximum Gasteiger partial charge on any atom is 0.311 e. The highest BCUT2D eigenvalue weighted by Crippen LogP contribution is 2.45. The molecule has 2 aliphatic heterocycles. The molecule has 0 aliphatic carbocycles. The number of esters is 1. The van der Waals surface area contributed by atoms with Gasteiger partial charge >= 0.3 is 5.97 Å². The van der Waals surface area contributed by atoms with Crippen LogP contribution in [0.3, 0.4) is 0 Å². The molecule has 3 heterocycles. The van der Waals surface area contributed by atoms with Gasteiger partial charge in [0.15, 0.2) is 0 Å². The second-order valence-electron chi connectivity index (χ2n) is 7.70. The molecule has 1 fully saturated rings. The fourth-order valence-electron chi connectivity index (χ4n) is 5.20. The third-order valence-electron chi connectivity index (χ3n) is 6.58. The summed E-state index contributed by atoms with van der Waals surface area (Å²) in [6.45, 7) is 4.08. The number of aromatic amines is 1. The number of carbonyl (C=O) groups is 1. The number of aromatic nitrogens is 1. The Balaban J connectivity index is 1.70. The van der Waals surface area contributed by atoms with Crippen LogP contribution in [-0.4, -0.2) is 47.8 Å². The molecule has 0 radical (unpaired) electrons. The number of benzene rings is 1. The minimum atomic E-state index is -0.429. The van der Waals surface area contributed by atoms with E-state index in [1.807, 2.05) is 0 Å². The summed E-state index contributed by atoms with van der Waals surface area (Å²) in [4.78, 5) is 18.5. The molecule has 0 amide bonds. The van der Waals surface area contributed by atoms with Crippen LogP contribution in [0.5, 0.6) is 0 Å². The van der Waals surface area contributed by atoms with E-state index in [-0.39, 0.29) is 24.5 Å². The maximum atomic E-state index is 12.2. The van der Waals surface area contributed by atoms with E-state index in [0.29, 0.717) is 5.92 Å². The molecule has 0 saturated carbocycles. The lowest BCUT2D eigenvalue weighted by molar-refractivity contribution is -0.152. The van der Waals surface area contributed by atoms with E-state index in [4.69, 9.17) is 4.74 Å². The summed E-state index contributed by atoms with van der Waals surface area (Å²) in [6.07, 6.45) is 2.97. The van der Waals surface area contributed by atoms with Crippen molar-refractivity contribution in [2.24, 2.45) is 17.8 Å². The van der Waals surface area contributed by atoms with E-state index in [9.17, 15) is 9.90 Å². The topological polar surface area (TPSA) is 65.6 Å². The Kier molecular flexibility index (Phi) is 4.76. The second-order valence-corrected chi connectivity index (χ2v) is 7.70. The summed E-state index contributed by atoms with van der Waals surface area (Å²) in [5.41, 5.74) is 3.92. The average molecular weight is 356 g/mol. The highest BCUT2D eigenvalue weighted by atomic mass is 16.5. The van der Waals surface area contributed by atoms with Crippen LogP contribution in [0.4, 0.5) is 0 Å². The molecule has 4 atom stereocenters. The first kappa shape index (κ1) is 17.6. The summed E-state index contributed by atoms with van der Waals surface area (Å²) >= 11 is 0. The number of para-hydroxylation sites is 1. The summed E-state index contributed by atoms with van der Waals surface area (Å²) < 4.78 is 4.98. The van der Waals surface area contributed by atoms with Gasteiger partial charge in [-0.3, -0.25) is 9.69 Å². The zero-order valence-electron chi connectivity index (χ0n) is 15.6. The number of nitrogens with zero attached hydrogens (tertiary/aromatic N) is 1. The number of nitrogens with one attached hydrogen (secondary N) is 1. The van der Waals surface area contributed by atoms with Crippen molar-refractivity contribution in [2.45, 2.75) is 32.2 Å². The molecule has 26 heavy (non-hydrogen) atoms. The van der Waals surface area contributed by atoms with E-state index in [2.05, 4.69) is 41.1 Å². The fourth-order valence-corrected chi connectivity index (χ4v) is 5.20. The quantitative estimate of drug-likeness (QED) is 0.827. The van der Waals surface area contributed by atoms with E-state index >= 15 is 0 Å². The standard InChI is InChI=1S/C21H28N2O3/c1-3-13-11-23-9-8-15-14-6-4-5-7-18(14)22-20(15)19(23)10-16(13)17(12-24)21(25)26-2/h4-7,13,16-17,19,22,24H,3,8-12H2,1-2H3/t13-,16-,17-,19-/m0/s1. The summed E-state index contributed by atoms with van der Waals surface area (Å²) in [7, 11) is 1.41. The number of fused-ring (bicyclic) bond motifs is 5. The summed E-state index contributed by atoms with van der Waals surface area (Å²) in [6, 6.07) is 8.78. The molecule has 4 rings (SSSR count). The van der Waals surface area contributed by atoms with Gasteiger partial charge in [0, 0.05) is 29.7 Å². The third kappa shape index (κ3) is 2.74. The lowest BCUT2D eigenvalue weighted by atomic mass is 9.71. The first-order valence-corrected chi connectivity index (χ1v) is 9.70. The van der Waals surface area contributed by atoms with Crippen LogP contribution in [0.1, 0.15) is 37.1 Å². The van der Waals surface area contributed by atoms with Crippen LogP contribution in [0.2, 0.25) is 0 Å². The average Bonchev–Trinajstić information content (AvgIpc) is 3.07. The number of ether oxygens (including phenoxy) is 1. The number of carbonyl (C=O) groups excluding carboxylic acids is 1. The van der Waals surface area contributed by atoms with Crippen LogP contribution in [-0.2, 0) is 16.0 Å². The zero-order valence-corrected chi connectivity index (χ0v) is 15.6. The highest BCUT2D eigenvalue weighted by Gasteiger charge is 2.44. The number of methoxy groups -OCH3 is 1. The number of aliphatic hydroxyl groups excluding tert-OH is 1. The number of hydrogen-bond donors (Lipinski definition) is 2. The van der Waals surface area contributed by atoms with Crippen molar-refractivity contribution in [3.63, 3.8) is 0 Å². The number of H-pyrrole nitrogens is 1. The Bertz CT molecular complexity index is 800. The molecular weight excluding hydrogens is 328 g/mol. The number of piperidine rings is 1. The minimum Gasteiger partial charge on any atom is -0.469 e. The van der Waals surface area contributed by atoms with Crippen molar-refractivity contribution < 1.29 is 14.6 Å². The van der Waals surface area contributed by atoms with E-state index in [0.717, 1.165) is 32.4 Å². The molecule has 0 spiro atoms. The smallest absolute Gasteiger partial charge is 0.311 e. The molecule has 1 aromatic heterocycles. The molecule has 5 nitrogen and oxygen atoms in total. The summed E-state index contributed by atoms with van der Waals surface area (Å²) in [5, 5.41) is 11.2. The molecule has 2 aromatic rings. The second kappa shape index (κ2) is 7.05. The molecule has 1 saturated heterocycles. The molecule has 1 aromatic carbocycles. The van der Waals surface area contributed by atoms with Crippen molar-refractivity contribution in [3.8, 4) is 0 Å². The number of rotatable bonds is 4. The molecular formula is C21H28N2O3. The lowest BCUT2D eigenvalue weighted by Crippen LogP contribution is -2.49. The fraction of sp³-hybridized carbons (Fsp3) is 0.571. The Hall–Kier alpha value is -1.85. The predicted octanol–water partition coefficient (Wildman–Crippen LogP) is 2.89. The van der Waals surface area contributed by atoms with Crippen LogP contribution >= 0.6 is 0 Å². The van der Waals surface area contributed by atoms with Gasteiger partial charge in [0.2, 0.25) is 0 Å². The molecule has 0 unspecified atom stereocenters. The summed E-state index contributed by atoms with van der Waals surface area (Å²) in [5.74, 6) is -0.150. The van der Waals surface area contributed by atoms with Crippen molar-refractivity contribution in [3.05, 3.63) is 35.5 Å². The van der Waals surface area contributed by atoms with Crippen molar-refractivity contribution in [1.29, 1.82) is 0 Å². The van der Waals surface area contributed by atoms with Crippen LogP contribution in [0.25, 0.3) is 10.9 Å². The van der Waals surface area contributed by atoms with Crippen LogP contribution in [0, 0.1) is 17.8 Å². The van der Waals surface area contributed by atoms with Gasteiger partial charge in [0.1, 0.15) is 0 Å². The van der Waals surface area contributed by atoms with Gasteiger partial charge in [-0.15, -0.1) is 0 Å². The SMILES string of the molecule is CC[C@H]1CN2CCc3c([nH]c4ccccc34)[C@@H]2C[C@@H]1[C@H](CO)C(=O)OC. The van der Waals surface area contributed by atoms with Crippen LogP contribution < -0.4 is 0 Å². The Morgan fingerprint density at radius 3 is 2.96 bits per heavy atom. The molecule has 5 heteroatoms. The third-order valence-corrected chi connectivity index (χ3v) is 6.58. The number of aliphatic hydroxyl groups is 1. The molecule has 140 valence electrons. The van der Waals surface area contributed by atoms with Gasteiger partial charge in [-0.1, -0.05) is 31.5 Å². The Morgan fingerprint density at radius 2 is 2.23 bits per heavy atom. The van der Waals surface area contributed by atoms with E-state index in [1.54, 1.807) is 0 Å². The first-order chi connectivity index (χ1) is 12.7. The Morgan fingerprint density at radius 1 is 1.42 bits per heavy atom. The van der Waals surface area contributed by atoms with Crippen LogP contribution in [0.15, 0.2) is 24.3 Å². The van der Waals surface area contributed by atoms with Crippen molar-refractivity contribution >= 4 is 16.9 Å². The van der Waals surface area contributed by atoms with Crippen molar-refractivity contribution in [1.82, 2.24) is 9.88 Å². The largest absolute Gasteiger partial charge is 0.469 e.